The van der Waals surface area contributed by atoms with Gasteiger partial charge in [0.1, 0.15) is 12.4 Å². The minimum absolute atomic E-state index is 0.0663. The van der Waals surface area contributed by atoms with Crippen LogP contribution >= 0.6 is 0 Å². The fourth-order valence-corrected chi connectivity index (χ4v) is 4.66. The zero-order chi connectivity index (χ0) is 20.9. The zero-order valence-electron chi connectivity index (χ0n) is 18.2. The van der Waals surface area contributed by atoms with Crippen molar-refractivity contribution in [3.8, 4) is 0 Å². The van der Waals surface area contributed by atoms with E-state index in [9.17, 15) is 9.59 Å². The Morgan fingerprint density at radius 1 is 1.18 bits per heavy atom. The molecule has 1 aliphatic heterocycles. The molecule has 0 saturated carbocycles. The molecule has 0 radical (unpaired) electrons. The number of piperidine rings is 1. The molecular weight excluding hydrogens is 370 g/mol. The van der Waals surface area contributed by atoms with Crippen LogP contribution in [0.25, 0.3) is 0 Å². The van der Waals surface area contributed by atoms with Crippen LogP contribution in [0.3, 0.4) is 0 Å². The molecule has 28 heavy (non-hydrogen) atoms. The average Bonchev–Trinajstić information content (AvgIpc) is 2.60. The Balaban J connectivity index is 2.13. The summed E-state index contributed by atoms with van der Waals surface area (Å²) in [5, 5.41) is 0.0733. The number of likely N-dealkylation sites (tertiary alicyclic amines) is 1. The number of amides is 1. The minimum Gasteiger partial charge on any atom is -0.445 e. The molecule has 2 atom stereocenters. The van der Waals surface area contributed by atoms with Crippen LogP contribution in [0.5, 0.6) is 0 Å². The van der Waals surface area contributed by atoms with E-state index >= 15 is 0 Å². The van der Waals surface area contributed by atoms with E-state index in [1.54, 1.807) is 11.8 Å². The van der Waals surface area contributed by atoms with Gasteiger partial charge in [0.2, 0.25) is 0 Å². The molecule has 1 aromatic carbocycles. The third kappa shape index (κ3) is 5.91. The summed E-state index contributed by atoms with van der Waals surface area (Å²) in [4.78, 5) is 26.5. The normalized spacial score (nSPS) is 20.7. The number of ether oxygens (including phenoxy) is 1. The molecule has 0 N–H and O–H groups in total. The smallest absolute Gasteiger partial charge is 0.410 e. The van der Waals surface area contributed by atoms with Crippen LogP contribution in [0.15, 0.2) is 30.3 Å². The minimum atomic E-state index is -2.01. The SMILES string of the molecule is CC(=O)C[C@H]1[C@@H](O[Si](C)(C)C(C)(C)C)CCCN1C(=O)OCc1ccccc1. The van der Waals surface area contributed by atoms with Crippen LogP contribution < -0.4 is 0 Å². The van der Waals surface area contributed by atoms with E-state index in [0.717, 1.165) is 18.4 Å². The molecule has 0 spiro atoms. The second-order valence-corrected chi connectivity index (χ2v) is 14.0. The highest BCUT2D eigenvalue weighted by Crippen LogP contribution is 2.39. The van der Waals surface area contributed by atoms with Crippen molar-refractivity contribution < 1.29 is 18.8 Å². The van der Waals surface area contributed by atoms with Gasteiger partial charge in [-0.15, -0.1) is 0 Å². The topological polar surface area (TPSA) is 55.8 Å². The van der Waals surface area contributed by atoms with Crippen molar-refractivity contribution in [1.29, 1.82) is 0 Å². The Hall–Kier alpha value is -1.66. The quantitative estimate of drug-likeness (QED) is 0.614. The van der Waals surface area contributed by atoms with Gasteiger partial charge in [-0.1, -0.05) is 51.1 Å². The van der Waals surface area contributed by atoms with Crippen LogP contribution in [-0.2, 0) is 20.6 Å². The number of carbonyl (C=O) groups is 2. The number of nitrogens with zero attached hydrogens (tertiary/aromatic N) is 1. The monoisotopic (exact) mass is 405 g/mol. The first kappa shape index (κ1) is 22.6. The van der Waals surface area contributed by atoms with Crippen molar-refractivity contribution >= 4 is 20.2 Å². The van der Waals surface area contributed by atoms with Crippen molar-refractivity contribution in [3.63, 3.8) is 0 Å². The van der Waals surface area contributed by atoms with Gasteiger partial charge in [-0.2, -0.15) is 0 Å². The maximum Gasteiger partial charge on any atom is 0.410 e. The summed E-state index contributed by atoms with van der Waals surface area (Å²) in [6, 6.07) is 9.38. The number of carbonyl (C=O) groups excluding carboxylic acids is 2. The van der Waals surface area contributed by atoms with Crippen LogP contribution in [0.4, 0.5) is 4.79 Å². The molecule has 0 aliphatic carbocycles. The predicted molar refractivity (Wildman–Crippen MR) is 114 cm³/mol. The van der Waals surface area contributed by atoms with E-state index in [4.69, 9.17) is 9.16 Å². The molecule has 6 heteroatoms. The average molecular weight is 406 g/mol. The van der Waals surface area contributed by atoms with Gasteiger partial charge in [-0.05, 0) is 43.5 Å². The van der Waals surface area contributed by atoms with Gasteiger partial charge in [0.05, 0.1) is 12.1 Å². The highest BCUT2D eigenvalue weighted by Gasteiger charge is 2.44. The predicted octanol–water partition coefficient (Wildman–Crippen LogP) is 5.16. The molecule has 0 bridgehead atoms. The summed E-state index contributed by atoms with van der Waals surface area (Å²) >= 11 is 0. The van der Waals surface area contributed by atoms with E-state index in [-0.39, 0.29) is 35.7 Å². The molecule has 5 nitrogen and oxygen atoms in total. The third-order valence-corrected chi connectivity index (χ3v) is 10.4. The van der Waals surface area contributed by atoms with Crippen molar-refractivity contribution in [1.82, 2.24) is 4.90 Å². The summed E-state index contributed by atoms with van der Waals surface area (Å²) in [7, 11) is -2.01. The lowest BCUT2D eigenvalue weighted by atomic mass is 9.95. The maximum atomic E-state index is 12.8. The molecule has 1 aliphatic rings. The maximum absolute atomic E-state index is 12.8. The van der Waals surface area contributed by atoms with Gasteiger partial charge in [-0.25, -0.2) is 4.79 Å². The van der Waals surface area contributed by atoms with Crippen LogP contribution in [0, 0.1) is 0 Å². The van der Waals surface area contributed by atoms with Gasteiger partial charge in [0.25, 0.3) is 0 Å². The molecular formula is C22H35NO4Si. The number of hydrogen-bond acceptors (Lipinski definition) is 4. The first-order chi connectivity index (χ1) is 13.0. The number of ketones is 1. The first-order valence-electron chi connectivity index (χ1n) is 10.2. The summed E-state index contributed by atoms with van der Waals surface area (Å²) in [5.41, 5.74) is 0.949. The Morgan fingerprint density at radius 2 is 1.82 bits per heavy atom. The lowest BCUT2D eigenvalue weighted by Crippen LogP contribution is -2.56. The number of rotatable bonds is 6. The third-order valence-electron chi connectivity index (χ3n) is 5.91. The molecule has 1 heterocycles. The van der Waals surface area contributed by atoms with Crippen molar-refractivity contribution in [3.05, 3.63) is 35.9 Å². The number of Topliss-reactive ketones (excluding diaryl/α,β-unsaturated/α-hetero) is 1. The van der Waals surface area contributed by atoms with Gasteiger partial charge >= 0.3 is 6.09 Å². The fraction of sp³-hybridized carbons (Fsp3) is 0.636. The first-order valence-corrected chi connectivity index (χ1v) is 13.1. The van der Waals surface area contributed by atoms with Gasteiger partial charge in [0.15, 0.2) is 8.32 Å². The molecule has 2 rings (SSSR count). The largest absolute Gasteiger partial charge is 0.445 e. The summed E-state index contributed by atoms with van der Waals surface area (Å²) in [6.45, 7) is 13.4. The summed E-state index contributed by atoms with van der Waals surface area (Å²) in [6.07, 6.45) is 1.54. The highest BCUT2D eigenvalue weighted by atomic mass is 28.4. The van der Waals surface area contributed by atoms with Gasteiger partial charge in [-0.3, -0.25) is 4.79 Å². The van der Waals surface area contributed by atoms with Crippen molar-refractivity contribution in [2.45, 2.75) is 83.8 Å². The van der Waals surface area contributed by atoms with Crippen LogP contribution in [-0.4, -0.2) is 43.8 Å². The van der Waals surface area contributed by atoms with E-state index in [1.165, 1.54) is 0 Å². The van der Waals surface area contributed by atoms with E-state index in [0.29, 0.717) is 13.0 Å². The summed E-state index contributed by atoms with van der Waals surface area (Å²) < 4.78 is 12.2. The second kappa shape index (κ2) is 9.22. The number of benzene rings is 1. The van der Waals surface area contributed by atoms with E-state index < -0.39 is 8.32 Å². The van der Waals surface area contributed by atoms with E-state index in [2.05, 4.69) is 33.9 Å². The lowest BCUT2D eigenvalue weighted by molar-refractivity contribution is -0.119. The lowest BCUT2D eigenvalue weighted by Gasteiger charge is -2.46. The Morgan fingerprint density at radius 3 is 2.39 bits per heavy atom. The fourth-order valence-electron chi connectivity index (χ4n) is 3.28. The molecule has 1 fully saturated rings. The van der Waals surface area contributed by atoms with Gasteiger partial charge < -0.3 is 14.1 Å². The van der Waals surface area contributed by atoms with Crippen molar-refractivity contribution in [2.75, 3.05) is 6.54 Å². The molecule has 1 saturated heterocycles. The highest BCUT2D eigenvalue weighted by molar-refractivity contribution is 6.74. The Labute approximate surface area is 170 Å². The summed E-state index contributed by atoms with van der Waals surface area (Å²) in [5.74, 6) is 0.0663. The molecule has 1 aromatic rings. The van der Waals surface area contributed by atoms with Crippen molar-refractivity contribution in [2.24, 2.45) is 0 Å². The Bertz CT molecular complexity index is 669. The molecule has 0 unspecified atom stereocenters. The molecule has 1 amide bonds. The second-order valence-electron chi connectivity index (χ2n) is 9.27. The van der Waals surface area contributed by atoms with E-state index in [1.807, 2.05) is 30.3 Å². The standard InChI is InChI=1S/C22H35NO4Si/c1-17(24)15-19-20(27-28(5,6)22(2,3)4)13-10-14-23(19)21(25)26-16-18-11-8-7-9-12-18/h7-9,11-12,19-20H,10,13-16H2,1-6H3/t19-,20-/m0/s1. The molecule has 0 aromatic heterocycles. The van der Waals surface area contributed by atoms with Crippen LogP contribution in [0.2, 0.25) is 18.1 Å². The van der Waals surface area contributed by atoms with Gasteiger partial charge in [0, 0.05) is 13.0 Å². The Kier molecular flexibility index (Phi) is 7.45. The van der Waals surface area contributed by atoms with Crippen LogP contribution in [0.1, 0.15) is 52.5 Å². The number of hydrogen-bond donors (Lipinski definition) is 0. The zero-order valence-corrected chi connectivity index (χ0v) is 19.2. The molecule has 156 valence electrons.